The van der Waals surface area contributed by atoms with Crippen molar-refractivity contribution in [2.75, 3.05) is 0 Å². The molecule has 0 fully saturated rings. The normalized spacial score (nSPS) is 14.3. The molecule has 0 radical (unpaired) electrons. The van der Waals surface area contributed by atoms with Crippen LogP contribution < -0.4 is 0 Å². The minimum atomic E-state index is -6.46. The molecule has 0 unspecified atom stereocenters. The number of alkyl halides is 10. The lowest BCUT2D eigenvalue weighted by Gasteiger charge is -2.25. The molecule has 0 aromatic heterocycles. The number of halogens is 10. The molecule has 20 heavy (non-hydrogen) atoms. The van der Waals surface area contributed by atoms with E-state index >= 15 is 0 Å². The van der Waals surface area contributed by atoms with Crippen molar-refractivity contribution in [3.63, 3.8) is 0 Å². The Kier molecular flexibility index (Phi) is 4.82. The van der Waals surface area contributed by atoms with Gasteiger partial charge in [0.1, 0.15) is 0 Å². The van der Waals surface area contributed by atoms with Gasteiger partial charge in [0.2, 0.25) is 11.6 Å². The molecular weight excluding hydrogens is 322 g/mol. The Morgan fingerprint density at radius 1 is 0.750 bits per heavy atom. The molecule has 0 N–H and O–H groups in total. The van der Waals surface area contributed by atoms with Gasteiger partial charge in [-0.15, -0.1) is 13.2 Å². The predicted molar refractivity (Wildman–Crippen MR) is 37.7 cm³/mol. The summed E-state index contributed by atoms with van der Waals surface area (Å²) in [6.07, 6.45) is -21.3. The first-order valence-electron chi connectivity index (χ1n) is 4.16. The van der Waals surface area contributed by atoms with Gasteiger partial charge in [0.25, 0.3) is 0 Å². The standard InChI is InChI=1S/C7H2F10O3/c8-4(9,6(13,14)20-7(15,16)17)2(18)1-3(19)5(10,11)12/h1H2. The highest BCUT2D eigenvalue weighted by atomic mass is 19.4. The van der Waals surface area contributed by atoms with E-state index in [-0.39, 0.29) is 0 Å². The number of rotatable bonds is 5. The Morgan fingerprint density at radius 2 is 1.15 bits per heavy atom. The molecule has 0 heterocycles. The monoisotopic (exact) mass is 324 g/mol. The van der Waals surface area contributed by atoms with Gasteiger partial charge in [0.05, 0.1) is 6.42 Å². The molecule has 0 aliphatic rings. The Hall–Kier alpha value is -1.40. The molecule has 0 amide bonds. The van der Waals surface area contributed by atoms with Crippen LogP contribution in [0.4, 0.5) is 43.9 Å². The highest BCUT2D eigenvalue weighted by molar-refractivity contribution is 6.04. The van der Waals surface area contributed by atoms with E-state index in [9.17, 15) is 53.5 Å². The van der Waals surface area contributed by atoms with E-state index in [0.29, 0.717) is 0 Å². The number of carbonyl (C=O) groups is 2. The maximum absolute atomic E-state index is 12.6. The van der Waals surface area contributed by atoms with E-state index in [1.54, 1.807) is 4.74 Å². The lowest BCUT2D eigenvalue weighted by atomic mass is 10.1. The van der Waals surface area contributed by atoms with Crippen molar-refractivity contribution in [3.8, 4) is 0 Å². The van der Waals surface area contributed by atoms with Gasteiger partial charge < -0.3 is 0 Å². The van der Waals surface area contributed by atoms with Crippen LogP contribution in [0.15, 0.2) is 0 Å². The van der Waals surface area contributed by atoms with Crippen LogP contribution >= 0.6 is 0 Å². The summed E-state index contributed by atoms with van der Waals surface area (Å²) in [6, 6.07) is 0. The van der Waals surface area contributed by atoms with E-state index in [1.165, 1.54) is 0 Å². The van der Waals surface area contributed by atoms with Crippen molar-refractivity contribution in [2.24, 2.45) is 0 Å². The van der Waals surface area contributed by atoms with Crippen LogP contribution in [-0.4, -0.2) is 36.1 Å². The second-order valence-corrected chi connectivity index (χ2v) is 3.16. The Labute approximate surface area is 102 Å². The van der Waals surface area contributed by atoms with E-state index in [4.69, 9.17) is 0 Å². The van der Waals surface area contributed by atoms with Crippen molar-refractivity contribution < 1.29 is 58.2 Å². The number of carbonyl (C=O) groups excluding carboxylic acids is 2. The van der Waals surface area contributed by atoms with Crippen LogP contribution in [0.3, 0.4) is 0 Å². The third-order valence-electron chi connectivity index (χ3n) is 1.60. The van der Waals surface area contributed by atoms with Crippen molar-refractivity contribution in [3.05, 3.63) is 0 Å². The second kappa shape index (κ2) is 5.18. The smallest absolute Gasteiger partial charge is 0.292 e. The molecule has 3 nitrogen and oxygen atoms in total. The SMILES string of the molecule is O=C(CC(=O)C(F)(F)C(F)(F)OC(F)(F)F)C(F)(F)F. The first-order chi connectivity index (χ1) is 8.51. The number of hydrogen-bond acceptors (Lipinski definition) is 3. The minimum absolute atomic E-state index is 1.68. The summed E-state index contributed by atoms with van der Waals surface area (Å²) in [4.78, 5) is 20.6. The fraction of sp³-hybridized carbons (Fsp3) is 0.714. The molecule has 0 aliphatic carbocycles. The van der Waals surface area contributed by atoms with Crippen LogP contribution in [0.25, 0.3) is 0 Å². The maximum atomic E-state index is 12.6. The summed E-state index contributed by atoms with van der Waals surface area (Å²) >= 11 is 0. The number of ether oxygens (including phenoxy) is 1. The molecule has 0 aromatic rings. The highest BCUT2D eigenvalue weighted by Gasteiger charge is 2.67. The molecule has 0 spiro atoms. The highest BCUT2D eigenvalue weighted by Crippen LogP contribution is 2.41. The van der Waals surface area contributed by atoms with Gasteiger partial charge in [-0.05, 0) is 0 Å². The molecule has 0 aromatic carbocycles. The van der Waals surface area contributed by atoms with Gasteiger partial charge in [-0.1, -0.05) is 0 Å². The number of hydrogen-bond donors (Lipinski definition) is 0. The van der Waals surface area contributed by atoms with Gasteiger partial charge in [0, 0.05) is 0 Å². The zero-order valence-electron chi connectivity index (χ0n) is 8.71. The van der Waals surface area contributed by atoms with Gasteiger partial charge in [-0.2, -0.15) is 30.7 Å². The first kappa shape index (κ1) is 18.6. The first-order valence-corrected chi connectivity index (χ1v) is 4.16. The summed E-state index contributed by atoms with van der Waals surface area (Å²) < 4.78 is 121. The molecule has 13 heteroatoms. The fourth-order valence-electron chi connectivity index (χ4n) is 0.729. The fourth-order valence-corrected chi connectivity index (χ4v) is 0.729. The number of Topliss-reactive ketones (excluding diaryl/α,β-unsaturated/α-hetero) is 2. The Balaban J connectivity index is 5.13. The third-order valence-corrected chi connectivity index (χ3v) is 1.60. The zero-order valence-corrected chi connectivity index (χ0v) is 8.71. The molecule has 0 rings (SSSR count). The third kappa shape index (κ3) is 4.61. The molecule has 0 aliphatic heterocycles. The molecule has 0 saturated carbocycles. The van der Waals surface area contributed by atoms with E-state index < -0.39 is 42.6 Å². The zero-order chi connectivity index (χ0) is 16.6. The molecule has 0 saturated heterocycles. The average molecular weight is 324 g/mol. The summed E-state index contributed by atoms with van der Waals surface area (Å²) in [5.74, 6) is -12.8. The van der Waals surface area contributed by atoms with E-state index in [0.717, 1.165) is 0 Å². The second-order valence-electron chi connectivity index (χ2n) is 3.16. The lowest BCUT2D eigenvalue weighted by molar-refractivity contribution is -0.457. The van der Waals surface area contributed by atoms with Gasteiger partial charge in [-0.3, -0.25) is 9.59 Å². The number of ketones is 2. The van der Waals surface area contributed by atoms with Crippen LogP contribution in [0.5, 0.6) is 0 Å². The lowest BCUT2D eigenvalue weighted by Crippen LogP contribution is -2.52. The largest absolute Gasteiger partial charge is 0.527 e. The summed E-state index contributed by atoms with van der Waals surface area (Å²) in [5, 5.41) is 0. The molecular formula is C7H2F10O3. The van der Waals surface area contributed by atoms with Crippen LogP contribution in [-0.2, 0) is 14.3 Å². The van der Waals surface area contributed by atoms with Crippen molar-refractivity contribution in [1.82, 2.24) is 0 Å². The van der Waals surface area contributed by atoms with Crippen molar-refractivity contribution >= 4 is 11.6 Å². The van der Waals surface area contributed by atoms with Crippen LogP contribution in [0.2, 0.25) is 0 Å². The predicted octanol–water partition coefficient (Wildman–Crippen LogP) is 2.84. The molecule has 0 bridgehead atoms. The van der Waals surface area contributed by atoms with Crippen molar-refractivity contribution in [1.29, 1.82) is 0 Å². The summed E-state index contributed by atoms with van der Waals surface area (Å²) in [5.41, 5.74) is 0. The quantitative estimate of drug-likeness (QED) is 0.577. The Bertz CT molecular complexity index is 393. The summed E-state index contributed by atoms with van der Waals surface area (Å²) in [6.45, 7) is 0. The topological polar surface area (TPSA) is 43.4 Å². The molecule has 0 atom stereocenters. The summed E-state index contributed by atoms with van der Waals surface area (Å²) in [7, 11) is 0. The Morgan fingerprint density at radius 3 is 1.45 bits per heavy atom. The van der Waals surface area contributed by atoms with Gasteiger partial charge in [-0.25, -0.2) is 4.74 Å². The van der Waals surface area contributed by atoms with Gasteiger partial charge in [0.15, 0.2) is 0 Å². The van der Waals surface area contributed by atoms with Gasteiger partial charge >= 0.3 is 24.6 Å². The van der Waals surface area contributed by atoms with Crippen molar-refractivity contribution in [2.45, 2.75) is 31.0 Å². The van der Waals surface area contributed by atoms with Crippen LogP contribution in [0.1, 0.15) is 6.42 Å². The average Bonchev–Trinajstić information content (AvgIpc) is 2.11. The van der Waals surface area contributed by atoms with Crippen LogP contribution in [0, 0.1) is 0 Å². The minimum Gasteiger partial charge on any atom is -0.292 e. The molecule has 118 valence electrons. The van der Waals surface area contributed by atoms with E-state index in [1.807, 2.05) is 0 Å². The maximum Gasteiger partial charge on any atom is 0.527 e. The van der Waals surface area contributed by atoms with E-state index in [2.05, 4.69) is 0 Å².